The van der Waals surface area contributed by atoms with Crippen LogP contribution < -0.4 is 10.2 Å². The number of nitrogens with zero attached hydrogens (tertiary/aromatic N) is 2. The van der Waals surface area contributed by atoms with E-state index in [1.165, 1.54) is 24.3 Å². The maximum Gasteiger partial charge on any atom is 0.248 e. The molecule has 3 rings (SSSR count). The van der Waals surface area contributed by atoms with Crippen LogP contribution in [0.25, 0.3) is 6.08 Å². The number of thiazole rings is 1. The van der Waals surface area contributed by atoms with E-state index in [4.69, 9.17) is 0 Å². The lowest BCUT2D eigenvalue weighted by molar-refractivity contribution is -0.116. The van der Waals surface area contributed by atoms with Crippen molar-refractivity contribution < 1.29 is 9.59 Å². The van der Waals surface area contributed by atoms with E-state index in [0.29, 0.717) is 10.8 Å². The smallest absolute Gasteiger partial charge is 0.248 e. The molecule has 0 atom stereocenters. The van der Waals surface area contributed by atoms with Gasteiger partial charge in [-0.05, 0) is 43.2 Å². The Balaban J connectivity index is 1.75. The third-order valence-corrected chi connectivity index (χ3v) is 5.01. The molecular weight excluding hydrogens is 370 g/mol. The van der Waals surface area contributed by atoms with Crippen LogP contribution in [-0.2, 0) is 9.59 Å². The number of anilines is 3. The number of para-hydroxylation sites is 2. The summed E-state index contributed by atoms with van der Waals surface area (Å²) in [5.41, 5.74) is 4.23. The largest absolute Gasteiger partial charge is 0.322 e. The molecule has 0 bridgehead atoms. The van der Waals surface area contributed by atoms with Crippen molar-refractivity contribution in [3.8, 4) is 0 Å². The van der Waals surface area contributed by atoms with E-state index in [0.717, 1.165) is 22.5 Å². The van der Waals surface area contributed by atoms with Gasteiger partial charge in [0.2, 0.25) is 11.8 Å². The summed E-state index contributed by atoms with van der Waals surface area (Å²) in [6, 6.07) is 15.2. The molecule has 28 heavy (non-hydrogen) atoms. The lowest BCUT2D eigenvalue weighted by atomic mass is 10.1. The fourth-order valence-electron chi connectivity index (χ4n) is 2.80. The summed E-state index contributed by atoms with van der Waals surface area (Å²) < 4.78 is 0. The van der Waals surface area contributed by atoms with E-state index in [1.807, 2.05) is 67.8 Å². The fraction of sp³-hybridized carbons (Fsp3) is 0.136. The first-order valence-electron chi connectivity index (χ1n) is 8.82. The minimum Gasteiger partial charge on any atom is -0.322 e. The Hall–Kier alpha value is -3.25. The van der Waals surface area contributed by atoms with Gasteiger partial charge in [0.25, 0.3) is 0 Å². The van der Waals surface area contributed by atoms with Gasteiger partial charge in [-0.15, -0.1) is 11.3 Å². The molecule has 6 heteroatoms. The zero-order valence-corrected chi connectivity index (χ0v) is 16.8. The summed E-state index contributed by atoms with van der Waals surface area (Å²) in [6.07, 6.45) is 3.09. The molecule has 5 nitrogen and oxygen atoms in total. The molecule has 0 spiro atoms. The summed E-state index contributed by atoms with van der Waals surface area (Å²) in [6.45, 7) is 5.42. The van der Waals surface area contributed by atoms with Gasteiger partial charge in [0, 0.05) is 24.1 Å². The standard InChI is InChI=1S/C22H21N3O2S/c1-15-8-7-9-16(2)21(15)24-20(27)13-12-18-14-28-22(23-18)25(17(3)26)19-10-5-4-6-11-19/h4-14H,1-3H3,(H,24,27)/b13-12+. The van der Waals surface area contributed by atoms with E-state index in [9.17, 15) is 9.59 Å². The summed E-state index contributed by atoms with van der Waals surface area (Å²) >= 11 is 1.35. The minimum absolute atomic E-state index is 0.121. The number of aryl methyl sites for hydroxylation is 2. The molecule has 0 fully saturated rings. The number of amides is 2. The summed E-state index contributed by atoms with van der Waals surface area (Å²) in [4.78, 5) is 30.4. The van der Waals surface area contributed by atoms with Crippen molar-refractivity contribution in [3.05, 3.63) is 76.8 Å². The van der Waals surface area contributed by atoms with Crippen molar-refractivity contribution in [3.63, 3.8) is 0 Å². The number of carbonyl (C=O) groups is 2. The molecule has 0 aliphatic heterocycles. The van der Waals surface area contributed by atoms with Crippen LogP contribution in [0.15, 0.2) is 60.0 Å². The second kappa shape index (κ2) is 8.63. The van der Waals surface area contributed by atoms with E-state index in [2.05, 4.69) is 10.3 Å². The fourth-order valence-corrected chi connectivity index (χ4v) is 3.65. The van der Waals surface area contributed by atoms with Crippen LogP contribution in [0.3, 0.4) is 0 Å². The van der Waals surface area contributed by atoms with E-state index < -0.39 is 0 Å². The van der Waals surface area contributed by atoms with Crippen molar-refractivity contribution in [1.29, 1.82) is 0 Å². The van der Waals surface area contributed by atoms with Crippen LogP contribution >= 0.6 is 11.3 Å². The highest BCUT2D eigenvalue weighted by atomic mass is 32.1. The Morgan fingerprint density at radius 3 is 2.36 bits per heavy atom. The van der Waals surface area contributed by atoms with Crippen LogP contribution in [0.1, 0.15) is 23.7 Å². The number of aromatic nitrogens is 1. The highest BCUT2D eigenvalue weighted by molar-refractivity contribution is 7.14. The van der Waals surface area contributed by atoms with Gasteiger partial charge < -0.3 is 5.32 Å². The van der Waals surface area contributed by atoms with Crippen molar-refractivity contribution in [2.75, 3.05) is 10.2 Å². The Kier molecular flexibility index (Phi) is 6.01. The molecule has 142 valence electrons. The van der Waals surface area contributed by atoms with E-state index in [-0.39, 0.29) is 11.8 Å². The van der Waals surface area contributed by atoms with Crippen molar-refractivity contribution in [2.45, 2.75) is 20.8 Å². The van der Waals surface area contributed by atoms with Crippen molar-refractivity contribution in [2.24, 2.45) is 0 Å². The third-order valence-electron chi connectivity index (χ3n) is 4.17. The number of rotatable bonds is 5. The summed E-state index contributed by atoms with van der Waals surface area (Å²) in [5.74, 6) is -0.345. The van der Waals surface area contributed by atoms with Gasteiger partial charge >= 0.3 is 0 Å². The number of nitrogens with one attached hydrogen (secondary N) is 1. The van der Waals surface area contributed by atoms with E-state index >= 15 is 0 Å². The van der Waals surface area contributed by atoms with Crippen LogP contribution in [0.2, 0.25) is 0 Å². The van der Waals surface area contributed by atoms with Crippen LogP contribution in [-0.4, -0.2) is 16.8 Å². The lowest BCUT2D eigenvalue weighted by Crippen LogP contribution is -2.22. The molecule has 1 heterocycles. The van der Waals surface area contributed by atoms with Crippen LogP contribution in [0.4, 0.5) is 16.5 Å². The second-order valence-electron chi connectivity index (χ2n) is 6.33. The SMILES string of the molecule is CC(=O)N(c1ccccc1)c1nc(/C=C/C(=O)Nc2c(C)cccc2C)cs1. The first-order chi connectivity index (χ1) is 13.5. The molecule has 2 aromatic carbocycles. The zero-order valence-electron chi connectivity index (χ0n) is 16.0. The Labute approximate surface area is 168 Å². The first kappa shape index (κ1) is 19.5. The highest BCUT2D eigenvalue weighted by Crippen LogP contribution is 2.29. The first-order valence-corrected chi connectivity index (χ1v) is 9.70. The predicted molar refractivity (Wildman–Crippen MR) is 115 cm³/mol. The average molecular weight is 391 g/mol. The average Bonchev–Trinajstić information content (AvgIpc) is 3.12. The van der Waals surface area contributed by atoms with Gasteiger partial charge in [-0.1, -0.05) is 36.4 Å². The Morgan fingerprint density at radius 1 is 1.04 bits per heavy atom. The summed E-state index contributed by atoms with van der Waals surface area (Å²) in [5, 5.41) is 5.29. The van der Waals surface area contributed by atoms with Gasteiger partial charge in [-0.25, -0.2) is 4.98 Å². The number of hydrogen-bond acceptors (Lipinski definition) is 4. The maximum absolute atomic E-state index is 12.3. The molecule has 1 N–H and O–H groups in total. The number of carbonyl (C=O) groups excluding carboxylic acids is 2. The van der Waals surface area contributed by atoms with Gasteiger partial charge in [-0.2, -0.15) is 0 Å². The Morgan fingerprint density at radius 2 is 1.71 bits per heavy atom. The molecule has 0 saturated carbocycles. The molecule has 0 saturated heterocycles. The molecule has 0 unspecified atom stereocenters. The van der Waals surface area contributed by atoms with Crippen LogP contribution in [0, 0.1) is 13.8 Å². The number of benzene rings is 2. The molecule has 0 radical (unpaired) electrons. The maximum atomic E-state index is 12.3. The quantitative estimate of drug-likeness (QED) is 0.616. The van der Waals surface area contributed by atoms with Crippen molar-refractivity contribution >= 4 is 45.7 Å². The van der Waals surface area contributed by atoms with Crippen molar-refractivity contribution in [1.82, 2.24) is 4.98 Å². The molecular formula is C22H21N3O2S. The van der Waals surface area contributed by atoms with Gasteiger partial charge in [-0.3, -0.25) is 14.5 Å². The highest BCUT2D eigenvalue weighted by Gasteiger charge is 2.17. The molecule has 3 aromatic rings. The third kappa shape index (κ3) is 4.53. The topological polar surface area (TPSA) is 62.3 Å². The van der Waals surface area contributed by atoms with Gasteiger partial charge in [0.1, 0.15) is 0 Å². The number of hydrogen-bond donors (Lipinski definition) is 1. The van der Waals surface area contributed by atoms with Gasteiger partial charge in [0.15, 0.2) is 5.13 Å². The molecule has 0 aliphatic rings. The zero-order chi connectivity index (χ0) is 20.1. The van der Waals surface area contributed by atoms with Gasteiger partial charge in [0.05, 0.1) is 11.4 Å². The summed E-state index contributed by atoms with van der Waals surface area (Å²) in [7, 11) is 0. The molecule has 1 aromatic heterocycles. The molecule has 0 aliphatic carbocycles. The molecule has 2 amide bonds. The van der Waals surface area contributed by atoms with E-state index in [1.54, 1.807) is 11.0 Å². The van der Waals surface area contributed by atoms with Crippen LogP contribution in [0.5, 0.6) is 0 Å². The minimum atomic E-state index is -0.224. The lowest BCUT2D eigenvalue weighted by Gasteiger charge is -2.17. The Bertz CT molecular complexity index is 1010. The second-order valence-corrected chi connectivity index (χ2v) is 7.17. The normalized spacial score (nSPS) is 10.8. The monoisotopic (exact) mass is 391 g/mol. The predicted octanol–water partition coefficient (Wildman–Crippen LogP) is 5.10.